The lowest BCUT2D eigenvalue weighted by Gasteiger charge is -2.06. The van der Waals surface area contributed by atoms with Gasteiger partial charge in [0, 0.05) is 27.4 Å². The summed E-state index contributed by atoms with van der Waals surface area (Å²) in [6.45, 7) is 8.58. The molecule has 4 heteroatoms. The molecule has 2 rings (SSSR count). The Morgan fingerprint density at radius 2 is 1.90 bits per heavy atom. The van der Waals surface area contributed by atoms with E-state index >= 15 is 0 Å². The lowest BCUT2D eigenvalue weighted by Crippen LogP contribution is -2.21. The summed E-state index contributed by atoms with van der Waals surface area (Å²) in [5.74, 6) is 0. The van der Waals surface area contributed by atoms with Crippen LogP contribution in [0.3, 0.4) is 0 Å². The van der Waals surface area contributed by atoms with Gasteiger partial charge in [-0.2, -0.15) is 0 Å². The number of benzene rings is 1. The number of hydrogen-bond donors (Lipinski definition) is 1. The minimum atomic E-state index is 0.507. The van der Waals surface area contributed by atoms with E-state index in [2.05, 4.69) is 32.2 Å². The van der Waals surface area contributed by atoms with Gasteiger partial charge in [0.15, 0.2) is 0 Å². The monoisotopic (exact) mass is 323 g/mol. The van der Waals surface area contributed by atoms with Crippen LogP contribution in [0.2, 0.25) is 5.02 Å². The van der Waals surface area contributed by atoms with E-state index < -0.39 is 0 Å². The van der Waals surface area contributed by atoms with Crippen molar-refractivity contribution < 1.29 is 4.74 Å². The van der Waals surface area contributed by atoms with Crippen LogP contribution in [-0.4, -0.2) is 6.04 Å². The van der Waals surface area contributed by atoms with Crippen LogP contribution in [0.15, 0.2) is 30.3 Å². The van der Waals surface area contributed by atoms with Gasteiger partial charge in [0.2, 0.25) is 0 Å². The van der Waals surface area contributed by atoms with E-state index in [9.17, 15) is 0 Å². The van der Waals surface area contributed by atoms with Crippen LogP contribution in [0.4, 0.5) is 0 Å². The lowest BCUT2D eigenvalue weighted by atomic mass is 10.2. The number of ether oxygens (including phenoxy) is 1. The molecule has 1 aromatic carbocycles. The lowest BCUT2D eigenvalue weighted by molar-refractivity contribution is 0.107. The van der Waals surface area contributed by atoms with Gasteiger partial charge < -0.3 is 10.1 Å². The van der Waals surface area contributed by atoms with E-state index in [1.54, 1.807) is 0 Å². The van der Waals surface area contributed by atoms with Gasteiger partial charge in [-0.3, -0.25) is 0 Å². The van der Waals surface area contributed by atoms with Crippen LogP contribution < -0.4 is 5.32 Å². The van der Waals surface area contributed by atoms with Crippen molar-refractivity contribution in [3.63, 3.8) is 0 Å². The van der Waals surface area contributed by atoms with Crippen LogP contribution in [0.25, 0.3) is 0 Å². The first-order chi connectivity index (χ1) is 10.1. The molecule has 0 bridgehead atoms. The predicted molar refractivity (Wildman–Crippen MR) is 91.0 cm³/mol. The zero-order valence-electron chi connectivity index (χ0n) is 12.8. The van der Waals surface area contributed by atoms with Crippen molar-refractivity contribution in [3.05, 3.63) is 56.2 Å². The van der Waals surface area contributed by atoms with Crippen LogP contribution in [-0.2, 0) is 24.5 Å². The van der Waals surface area contributed by atoms with Gasteiger partial charge >= 0.3 is 0 Å². The molecule has 0 fully saturated rings. The van der Waals surface area contributed by atoms with Crippen LogP contribution in [0.1, 0.15) is 34.7 Å². The number of nitrogens with one attached hydrogen (secondary N) is 1. The van der Waals surface area contributed by atoms with Crippen LogP contribution in [0.5, 0.6) is 0 Å². The summed E-state index contributed by atoms with van der Waals surface area (Å²) in [6.07, 6.45) is 0. The van der Waals surface area contributed by atoms with E-state index in [4.69, 9.17) is 16.3 Å². The van der Waals surface area contributed by atoms with Crippen molar-refractivity contribution in [2.24, 2.45) is 0 Å². The minimum absolute atomic E-state index is 0.507. The number of rotatable bonds is 7. The fourth-order valence-electron chi connectivity index (χ4n) is 2.01. The summed E-state index contributed by atoms with van der Waals surface area (Å²) in [5.41, 5.74) is 2.31. The molecular formula is C17H22ClNOS. The molecule has 0 spiro atoms. The molecule has 1 aromatic heterocycles. The maximum Gasteiger partial charge on any atom is 0.0735 e. The molecular weight excluding hydrogens is 302 g/mol. The molecule has 0 aliphatic heterocycles. The van der Waals surface area contributed by atoms with Crippen molar-refractivity contribution in [1.82, 2.24) is 5.32 Å². The van der Waals surface area contributed by atoms with Gasteiger partial charge in [-0.1, -0.05) is 43.6 Å². The molecule has 0 atom stereocenters. The van der Waals surface area contributed by atoms with Gasteiger partial charge in [-0.15, -0.1) is 11.3 Å². The van der Waals surface area contributed by atoms with E-state index in [0.717, 1.165) is 17.1 Å². The standard InChI is InChI=1S/C17H22ClNOS/c1-12(2)19-9-16-8-15(13(3)21-16)11-20-10-14-6-4-5-7-17(14)18/h4-8,12,19H,9-11H2,1-3H3. The highest BCUT2D eigenvalue weighted by Crippen LogP contribution is 2.23. The van der Waals surface area contributed by atoms with Crippen molar-refractivity contribution >= 4 is 22.9 Å². The zero-order valence-corrected chi connectivity index (χ0v) is 14.4. The summed E-state index contributed by atoms with van der Waals surface area (Å²) in [5, 5.41) is 4.21. The Bertz CT molecular complexity index is 580. The Morgan fingerprint density at radius 3 is 2.62 bits per heavy atom. The minimum Gasteiger partial charge on any atom is -0.372 e. The molecule has 1 N–H and O–H groups in total. The Balaban J connectivity index is 1.87. The molecule has 21 heavy (non-hydrogen) atoms. The van der Waals surface area contributed by atoms with Crippen molar-refractivity contribution in [2.75, 3.05) is 0 Å². The van der Waals surface area contributed by atoms with Crippen LogP contribution in [0, 0.1) is 6.92 Å². The SMILES string of the molecule is Cc1sc(CNC(C)C)cc1COCc1ccccc1Cl. The fraction of sp³-hybridized carbons (Fsp3) is 0.412. The van der Waals surface area contributed by atoms with Crippen molar-refractivity contribution in [3.8, 4) is 0 Å². The molecule has 0 amide bonds. The van der Waals surface area contributed by atoms with Crippen molar-refractivity contribution in [1.29, 1.82) is 0 Å². The number of thiophene rings is 1. The summed E-state index contributed by atoms with van der Waals surface area (Å²) in [6, 6.07) is 10.6. The topological polar surface area (TPSA) is 21.3 Å². The second kappa shape index (κ2) is 7.95. The van der Waals surface area contributed by atoms with Crippen LogP contribution >= 0.6 is 22.9 Å². The first-order valence-corrected chi connectivity index (χ1v) is 8.38. The van der Waals surface area contributed by atoms with Gasteiger partial charge in [0.25, 0.3) is 0 Å². The van der Waals surface area contributed by atoms with E-state index in [0.29, 0.717) is 19.3 Å². The fourth-order valence-corrected chi connectivity index (χ4v) is 3.20. The highest BCUT2D eigenvalue weighted by atomic mass is 35.5. The Kier molecular flexibility index (Phi) is 6.24. The third-order valence-corrected chi connectivity index (χ3v) is 4.69. The molecule has 114 valence electrons. The molecule has 0 aliphatic carbocycles. The molecule has 2 aromatic rings. The molecule has 2 nitrogen and oxygen atoms in total. The second-order valence-corrected chi connectivity index (χ2v) is 7.16. The third-order valence-electron chi connectivity index (χ3n) is 3.23. The molecule has 0 radical (unpaired) electrons. The Labute approximate surface area is 136 Å². The highest BCUT2D eigenvalue weighted by Gasteiger charge is 2.07. The smallest absolute Gasteiger partial charge is 0.0735 e. The van der Waals surface area contributed by atoms with Gasteiger partial charge in [-0.05, 0) is 30.2 Å². The average Bonchev–Trinajstić information content (AvgIpc) is 2.79. The van der Waals surface area contributed by atoms with E-state index in [1.807, 2.05) is 35.6 Å². The summed E-state index contributed by atoms with van der Waals surface area (Å²) < 4.78 is 5.81. The Hall–Kier alpha value is -0.870. The zero-order chi connectivity index (χ0) is 15.2. The van der Waals surface area contributed by atoms with E-state index in [-0.39, 0.29) is 0 Å². The normalized spacial score (nSPS) is 11.3. The number of aryl methyl sites for hydroxylation is 1. The Morgan fingerprint density at radius 1 is 1.19 bits per heavy atom. The number of hydrogen-bond acceptors (Lipinski definition) is 3. The summed E-state index contributed by atoms with van der Waals surface area (Å²) >= 11 is 7.96. The number of halogens is 1. The predicted octanol–water partition coefficient (Wildman–Crippen LogP) is 4.92. The first kappa shape index (κ1) is 16.5. The molecule has 1 heterocycles. The average molecular weight is 324 g/mol. The second-order valence-electron chi connectivity index (χ2n) is 5.41. The molecule has 0 aliphatic rings. The van der Waals surface area contributed by atoms with Gasteiger partial charge in [-0.25, -0.2) is 0 Å². The van der Waals surface area contributed by atoms with Gasteiger partial charge in [0.1, 0.15) is 0 Å². The molecule has 0 saturated carbocycles. The highest BCUT2D eigenvalue weighted by molar-refractivity contribution is 7.12. The largest absolute Gasteiger partial charge is 0.372 e. The molecule has 0 unspecified atom stereocenters. The maximum absolute atomic E-state index is 6.13. The van der Waals surface area contributed by atoms with E-state index in [1.165, 1.54) is 15.3 Å². The maximum atomic E-state index is 6.13. The summed E-state index contributed by atoms with van der Waals surface area (Å²) in [7, 11) is 0. The molecule has 0 saturated heterocycles. The third kappa shape index (κ3) is 5.11. The van der Waals surface area contributed by atoms with Gasteiger partial charge in [0.05, 0.1) is 13.2 Å². The summed E-state index contributed by atoms with van der Waals surface area (Å²) in [4.78, 5) is 2.69. The van der Waals surface area contributed by atoms with Crippen molar-refractivity contribution in [2.45, 2.75) is 46.6 Å². The first-order valence-electron chi connectivity index (χ1n) is 7.19. The quantitative estimate of drug-likeness (QED) is 0.780.